The summed E-state index contributed by atoms with van der Waals surface area (Å²) in [5.41, 5.74) is 1.46. The summed E-state index contributed by atoms with van der Waals surface area (Å²) in [5.74, 6) is -0.0536. The number of rotatable bonds is 5. The molecule has 0 radical (unpaired) electrons. The third-order valence-corrected chi connectivity index (χ3v) is 3.87. The molecule has 3 rings (SSSR count). The Morgan fingerprint density at radius 3 is 3.00 bits per heavy atom. The van der Waals surface area contributed by atoms with E-state index in [9.17, 15) is 14.0 Å². The summed E-state index contributed by atoms with van der Waals surface area (Å²) in [4.78, 5) is 33.2. The van der Waals surface area contributed by atoms with E-state index in [2.05, 4.69) is 25.6 Å². The maximum atomic E-state index is 13.2. The molecule has 0 bridgehead atoms. The van der Waals surface area contributed by atoms with Crippen molar-refractivity contribution in [2.75, 3.05) is 12.4 Å². The van der Waals surface area contributed by atoms with E-state index in [4.69, 9.17) is 11.6 Å². The molecule has 1 amide bonds. The second kappa shape index (κ2) is 6.89. The molecule has 2 aromatic heterocycles. The topological polar surface area (TPSA) is 105 Å². The molecule has 10 heteroatoms. The number of hydrogen-bond donors (Lipinski definition) is 3. The zero-order valence-corrected chi connectivity index (χ0v) is 13.9. The van der Waals surface area contributed by atoms with E-state index in [1.54, 1.807) is 18.2 Å². The lowest BCUT2D eigenvalue weighted by Gasteiger charge is -2.08. The van der Waals surface area contributed by atoms with Gasteiger partial charge in [-0.25, -0.2) is 9.78 Å². The Morgan fingerprint density at radius 1 is 1.44 bits per heavy atom. The molecule has 0 saturated heterocycles. The van der Waals surface area contributed by atoms with Gasteiger partial charge in [0.15, 0.2) is 5.82 Å². The summed E-state index contributed by atoms with van der Waals surface area (Å²) >= 11 is 5.94. The number of nitrogens with zero attached hydrogens (tertiary/aromatic N) is 3. The Hall–Kier alpha value is -2.94. The third-order valence-electron chi connectivity index (χ3n) is 3.59. The smallest absolute Gasteiger partial charge is 0.326 e. The van der Waals surface area contributed by atoms with Crippen molar-refractivity contribution in [3.63, 3.8) is 0 Å². The second-order valence-corrected chi connectivity index (χ2v) is 5.60. The Bertz CT molecular complexity index is 999. The Kier molecular flexibility index (Phi) is 4.66. The summed E-state index contributed by atoms with van der Waals surface area (Å²) < 4.78 is 14.6. The van der Waals surface area contributed by atoms with Crippen LogP contribution in [0.4, 0.5) is 15.9 Å². The minimum Gasteiger partial charge on any atom is -0.359 e. The number of aromatic amines is 1. The highest BCUT2D eigenvalue weighted by Gasteiger charge is 2.11. The fraction of sp³-hybridized carbons (Fsp3) is 0.200. The van der Waals surface area contributed by atoms with Crippen molar-refractivity contribution in [1.82, 2.24) is 24.8 Å². The maximum absolute atomic E-state index is 13.2. The van der Waals surface area contributed by atoms with Crippen molar-refractivity contribution in [3.8, 4) is 0 Å². The molecule has 2 heterocycles. The van der Waals surface area contributed by atoms with Gasteiger partial charge in [0.05, 0.1) is 17.2 Å². The number of benzene rings is 1. The van der Waals surface area contributed by atoms with Gasteiger partial charge >= 0.3 is 11.8 Å². The number of anilines is 2. The maximum Gasteiger partial charge on any atom is 0.326 e. The van der Waals surface area contributed by atoms with Gasteiger partial charge in [0.25, 0.3) is 0 Å². The van der Waals surface area contributed by atoms with Gasteiger partial charge in [-0.3, -0.25) is 9.36 Å². The highest BCUT2D eigenvalue weighted by molar-refractivity contribution is 6.32. The first-order valence-electron chi connectivity index (χ1n) is 7.36. The normalized spacial score (nSPS) is 10.8. The van der Waals surface area contributed by atoms with Crippen LogP contribution in [-0.4, -0.2) is 32.5 Å². The average Bonchev–Trinajstić information content (AvgIpc) is 2.90. The number of aromatic nitrogens is 4. The summed E-state index contributed by atoms with van der Waals surface area (Å²) in [6.45, 7) is 0.227. The number of amides is 1. The number of aryl methyl sites for hydroxylation is 1. The number of imidazole rings is 1. The predicted molar refractivity (Wildman–Crippen MR) is 91.5 cm³/mol. The number of carbonyl (C=O) groups excluding carboxylic acids is 1. The molecule has 8 nitrogen and oxygen atoms in total. The van der Waals surface area contributed by atoms with E-state index < -0.39 is 6.08 Å². The largest absolute Gasteiger partial charge is 0.359 e. The van der Waals surface area contributed by atoms with Gasteiger partial charge in [0.2, 0.25) is 5.91 Å². The molecule has 0 saturated carbocycles. The standard InChI is InChI=1S/C15H14ClFN6O2/c1-18-12(24)4-5-23-11-6-8(2-3-10(11)21-15(23)25)20-13-9(16)7-19-14(17)22-13/h2-3,6-7H,4-5H2,1H3,(H,18,24)(H,21,25)(H,19,20,22). The van der Waals surface area contributed by atoms with Crippen LogP contribution in [0.15, 0.2) is 29.2 Å². The van der Waals surface area contributed by atoms with E-state index in [0.29, 0.717) is 16.7 Å². The fourth-order valence-electron chi connectivity index (χ4n) is 2.36. The van der Waals surface area contributed by atoms with Crippen LogP contribution in [0.3, 0.4) is 0 Å². The molecule has 1 aromatic carbocycles. The zero-order chi connectivity index (χ0) is 18.0. The summed E-state index contributed by atoms with van der Waals surface area (Å²) in [6.07, 6.45) is 0.418. The van der Waals surface area contributed by atoms with Crippen molar-refractivity contribution in [1.29, 1.82) is 0 Å². The van der Waals surface area contributed by atoms with Gasteiger partial charge in [-0.2, -0.15) is 9.37 Å². The lowest BCUT2D eigenvalue weighted by Crippen LogP contribution is -2.23. The zero-order valence-electron chi connectivity index (χ0n) is 13.1. The first-order chi connectivity index (χ1) is 12.0. The van der Waals surface area contributed by atoms with Crippen LogP contribution in [0.2, 0.25) is 5.02 Å². The van der Waals surface area contributed by atoms with Crippen molar-refractivity contribution in [3.05, 3.63) is 46.0 Å². The minimum atomic E-state index is -0.905. The fourth-order valence-corrected chi connectivity index (χ4v) is 2.50. The lowest BCUT2D eigenvalue weighted by molar-refractivity contribution is -0.120. The highest BCUT2D eigenvalue weighted by atomic mass is 35.5. The molecular weight excluding hydrogens is 351 g/mol. The predicted octanol–water partition coefficient (Wildman–Crippen LogP) is 1.79. The first kappa shape index (κ1) is 16.9. The molecule has 3 aromatic rings. The van der Waals surface area contributed by atoms with Gasteiger partial charge in [-0.05, 0) is 18.2 Å². The van der Waals surface area contributed by atoms with Crippen LogP contribution < -0.4 is 16.3 Å². The summed E-state index contributed by atoms with van der Waals surface area (Å²) in [7, 11) is 1.53. The molecule has 25 heavy (non-hydrogen) atoms. The molecule has 0 unspecified atom stereocenters. The SMILES string of the molecule is CNC(=O)CCn1c(=O)[nH]c2ccc(Nc3nc(F)ncc3Cl)cc21. The van der Waals surface area contributed by atoms with E-state index in [0.717, 1.165) is 6.20 Å². The molecule has 0 fully saturated rings. The number of halogens is 2. The number of nitrogens with one attached hydrogen (secondary N) is 3. The van der Waals surface area contributed by atoms with E-state index in [1.165, 1.54) is 11.6 Å². The van der Waals surface area contributed by atoms with E-state index in [-0.39, 0.29) is 35.4 Å². The van der Waals surface area contributed by atoms with Crippen molar-refractivity contribution < 1.29 is 9.18 Å². The van der Waals surface area contributed by atoms with Gasteiger partial charge in [-0.1, -0.05) is 11.6 Å². The third kappa shape index (κ3) is 3.61. The summed E-state index contributed by atoms with van der Waals surface area (Å²) in [5, 5.41) is 5.56. The van der Waals surface area contributed by atoms with Crippen molar-refractivity contribution >= 4 is 40.0 Å². The highest BCUT2D eigenvalue weighted by Crippen LogP contribution is 2.24. The Balaban J connectivity index is 1.94. The molecule has 0 aliphatic rings. The van der Waals surface area contributed by atoms with Crippen LogP contribution in [0.5, 0.6) is 0 Å². The monoisotopic (exact) mass is 364 g/mol. The first-order valence-corrected chi connectivity index (χ1v) is 7.74. The number of fused-ring (bicyclic) bond motifs is 1. The molecule has 3 N–H and O–H groups in total. The Morgan fingerprint density at radius 2 is 2.24 bits per heavy atom. The number of hydrogen-bond acceptors (Lipinski definition) is 5. The quantitative estimate of drug-likeness (QED) is 0.599. The van der Waals surface area contributed by atoms with Crippen LogP contribution >= 0.6 is 11.6 Å². The van der Waals surface area contributed by atoms with Gasteiger partial charge in [0.1, 0.15) is 5.02 Å². The number of H-pyrrole nitrogens is 1. The lowest BCUT2D eigenvalue weighted by atomic mass is 10.2. The van der Waals surface area contributed by atoms with Crippen molar-refractivity contribution in [2.45, 2.75) is 13.0 Å². The van der Waals surface area contributed by atoms with Gasteiger partial charge in [0, 0.05) is 25.7 Å². The second-order valence-electron chi connectivity index (χ2n) is 5.20. The van der Waals surface area contributed by atoms with Crippen LogP contribution in [0.25, 0.3) is 11.0 Å². The number of carbonyl (C=O) groups is 1. The molecular formula is C15H14ClFN6O2. The van der Waals surface area contributed by atoms with Crippen LogP contribution in [0, 0.1) is 6.08 Å². The van der Waals surface area contributed by atoms with Crippen LogP contribution in [0.1, 0.15) is 6.42 Å². The van der Waals surface area contributed by atoms with Gasteiger partial charge < -0.3 is 15.6 Å². The molecule has 0 aliphatic carbocycles. The molecule has 130 valence electrons. The van der Waals surface area contributed by atoms with E-state index in [1.807, 2.05) is 0 Å². The van der Waals surface area contributed by atoms with Crippen molar-refractivity contribution in [2.24, 2.45) is 0 Å². The van der Waals surface area contributed by atoms with Crippen LogP contribution in [-0.2, 0) is 11.3 Å². The minimum absolute atomic E-state index is 0.114. The molecule has 0 atom stereocenters. The molecule has 0 spiro atoms. The average molecular weight is 365 g/mol. The molecule has 0 aliphatic heterocycles. The summed E-state index contributed by atoms with van der Waals surface area (Å²) in [6, 6.07) is 5.08. The Labute approximate surface area is 146 Å². The van der Waals surface area contributed by atoms with E-state index >= 15 is 0 Å². The van der Waals surface area contributed by atoms with Gasteiger partial charge in [-0.15, -0.1) is 0 Å².